The van der Waals surface area contributed by atoms with Gasteiger partial charge in [-0.3, -0.25) is 0 Å². The minimum atomic E-state index is -2.66. The molecule has 21 heavy (non-hydrogen) atoms. The summed E-state index contributed by atoms with van der Waals surface area (Å²) >= 11 is 0. The lowest BCUT2D eigenvalue weighted by atomic mass is 10.1. The average Bonchev–Trinajstić information content (AvgIpc) is 2.73. The van der Waals surface area contributed by atoms with Crippen LogP contribution in [0.3, 0.4) is 0 Å². The van der Waals surface area contributed by atoms with Gasteiger partial charge in [0.05, 0.1) is 12.2 Å². The number of nitrogen functional groups attached to an aromatic ring is 1. The van der Waals surface area contributed by atoms with Gasteiger partial charge in [0.2, 0.25) is 0 Å². The number of aromatic nitrogens is 2. The Morgan fingerprint density at radius 1 is 1.29 bits per heavy atom. The second-order valence-electron chi connectivity index (χ2n) is 5.40. The molecular weight excluding hydrogens is 274 g/mol. The van der Waals surface area contributed by atoms with Gasteiger partial charge in [0.25, 0.3) is 5.92 Å². The molecule has 1 aliphatic heterocycles. The third-order valence-electron chi connectivity index (χ3n) is 3.76. The fraction of sp³-hybridized carbons (Fsp3) is 0.333. The maximum Gasteiger partial charge on any atom is 0.269 e. The Morgan fingerprint density at radius 3 is 2.67 bits per heavy atom. The van der Waals surface area contributed by atoms with Gasteiger partial charge >= 0.3 is 0 Å². The summed E-state index contributed by atoms with van der Waals surface area (Å²) in [4.78, 5) is 10.1. The largest absolute Gasteiger partial charge is 0.384 e. The van der Waals surface area contributed by atoms with E-state index >= 15 is 0 Å². The van der Waals surface area contributed by atoms with Crippen molar-refractivity contribution in [2.24, 2.45) is 5.92 Å². The Bertz CT molecular complexity index is 642. The molecule has 2 aromatic heterocycles. The minimum Gasteiger partial charge on any atom is -0.384 e. The molecule has 0 saturated carbocycles. The highest BCUT2D eigenvalue weighted by Crippen LogP contribution is 2.34. The molecular formula is C15H16F2N4. The molecule has 0 aliphatic carbocycles. The number of pyridine rings is 2. The third-order valence-corrected chi connectivity index (χ3v) is 3.76. The first kappa shape index (κ1) is 13.7. The molecule has 2 aromatic rings. The second-order valence-corrected chi connectivity index (χ2v) is 5.40. The standard InChI is InChI=1S/C15H16F2N4/c1-10-8-21(9-15(10,16)17)14-6-5-11(7-19-14)12-3-2-4-13(18)20-12/h2-7,10H,8-9H2,1H3,(H2,18,20). The van der Waals surface area contributed by atoms with Crippen LogP contribution >= 0.6 is 0 Å². The van der Waals surface area contributed by atoms with Gasteiger partial charge in [-0.1, -0.05) is 13.0 Å². The predicted molar refractivity (Wildman–Crippen MR) is 78.2 cm³/mol. The number of hydrogen-bond donors (Lipinski definition) is 1. The molecule has 110 valence electrons. The Labute approximate surface area is 121 Å². The number of nitrogens with zero attached hydrogens (tertiary/aromatic N) is 3. The summed E-state index contributed by atoms with van der Waals surface area (Å²) in [5.74, 6) is -2.32. The van der Waals surface area contributed by atoms with Crippen molar-refractivity contribution in [2.75, 3.05) is 23.7 Å². The summed E-state index contributed by atoms with van der Waals surface area (Å²) in [6.07, 6.45) is 1.64. The van der Waals surface area contributed by atoms with Gasteiger partial charge in [0, 0.05) is 24.2 Å². The van der Waals surface area contributed by atoms with E-state index < -0.39 is 11.8 Å². The van der Waals surface area contributed by atoms with Gasteiger partial charge in [0.1, 0.15) is 11.6 Å². The highest BCUT2D eigenvalue weighted by molar-refractivity contribution is 5.61. The van der Waals surface area contributed by atoms with E-state index in [-0.39, 0.29) is 6.54 Å². The fourth-order valence-corrected chi connectivity index (χ4v) is 2.45. The predicted octanol–water partition coefficient (Wildman–Crippen LogP) is 2.82. The topological polar surface area (TPSA) is 55.0 Å². The lowest BCUT2D eigenvalue weighted by Gasteiger charge is -2.17. The van der Waals surface area contributed by atoms with Crippen LogP contribution in [-0.2, 0) is 0 Å². The number of nitrogens with two attached hydrogens (primary N) is 1. The Morgan fingerprint density at radius 2 is 2.10 bits per heavy atom. The van der Waals surface area contributed by atoms with E-state index in [0.29, 0.717) is 23.9 Å². The molecule has 0 spiro atoms. The fourth-order valence-electron chi connectivity index (χ4n) is 2.45. The number of hydrogen-bond acceptors (Lipinski definition) is 4. The van der Waals surface area contributed by atoms with Crippen molar-refractivity contribution >= 4 is 11.6 Å². The SMILES string of the molecule is CC1CN(c2ccc(-c3cccc(N)n3)cn2)CC1(F)F. The number of rotatable bonds is 2. The first-order valence-electron chi connectivity index (χ1n) is 6.77. The van der Waals surface area contributed by atoms with E-state index in [0.717, 1.165) is 5.56 Å². The van der Waals surface area contributed by atoms with Crippen molar-refractivity contribution in [3.8, 4) is 11.3 Å². The summed E-state index contributed by atoms with van der Waals surface area (Å²) in [7, 11) is 0. The van der Waals surface area contributed by atoms with Crippen LogP contribution in [0, 0.1) is 5.92 Å². The quantitative estimate of drug-likeness (QED) is 0.924. The molecule has 1 saturated heterocycles. The molecule has 0 radical (unpaired) electrons. The van der Waals surface area contributed by atoms with Gasteiger partial charge < -0.3 is 10.6 Å². The van der Waals surface area contributed by atoms with E-state index in [1.165, 1.54) is 0 Å². The van der Waals surface area contributed by atoms with Crippen molar-refractivity contribution in [3.05, 3.63) is 36.5 Å². The van der Waals surface area contributed by atoms with Crippen LogP contribution in [0.1, 0.15) is 6.92 Å². The van der Waals surface area contributed by atoms with Crippen molar-refractivity contribution in [1.29, 1.82) is 0 Å². The molecule has 0 amide bonds. The molecule has 1 atom stereocenters. The molecule has 1 aliphatic rings. The Balaban J connectivity index is 1.82. The van der Waals surface area contributed by atoms with Crippen molar-refractivity contribution in [2.45, 2.75) is 12.8 Å². The molecule has 1 fully saturated rings. The zero-order valence-electron chi connectivity index (χ0n) is 11.6. The van der Waals surface area contributed by atoms with Crippen LogP contribution in [0.4, 0.5) is 20.4 Å². The average molecular weight is 290 g/mol. The maximum atomic E-state index is 13.6. The van der Waals surface area contributed by atoms with Gasteiger partial charge in [-0.05, 0) is 24.3 Å². The van der Waals surface area contributed by atoms with Gasteiger partial charge in [-0.2, -0.15) is 0 Å². The van der Waals surface area contributed by atoms with E-state index in [4.69, 9.17) is 5.73 Å². The van der Waals surface area contributed by atoms with Gasteiger partial charge in [-0.15, -0.1) is 0 Å². The smallest absolute Gasteiger partial charge is 0.269 e. The lowest BCUT2D eigenvalue weighted by molar-refractivity contribution is -0.0137. The van der Waals surface area contributed by atoms with Crippen LogP contribution in [0.15, 0.2) is 36.5 Å². The summed E-state index contributed by atoms with van der Waals surface area (Å²) in [6.45, 7) is 1.60. The van der Waals surface area contributed by atoms with Crippen LogP contribution in [0.5, 0.6) is 0 Å². The van der Waals surface area contributed by atoms with Gasteiger partial charge in [-0.25, -0.2) is 18.7 Å². The molecule has 6 heteroatoms. The summed E-state index contributed by atoms with van der Waals surface area (Å²) < 4.78 is 27.1. The number of halogens is 2. The molecule has 4 nitrogen and oxygen atoms in total. The highest BCUT2D eigenvalue weighted by Gasteiger charge is 2.45. The van der Waals surface area contributed by atoms with Crippen molar-refractivity contribution in [3.63, 3.8) is 0 Å². The highest BCUT2D eigenvalue weighted by atomic mass is 19.3. The van der Waals surface area contributed by atoms with E-state index in [1.807, 2.05) is 18.2 Å². The van der Waals surface area contributed by atoms with Gasteiger partial charge in [0.15, 0.2) is 0 Å². The van der Waals surface area contributed by atoms with Crippen LogP contribution in [0.2, 0.25) is 0 Å². The van der Waals surface area contributed by atoms with E-state index in [1.54, 1.807) is 30.2 Å². The van der Waals surface area contributed by atoms with E-state index in [9.17, 15) is 8.78 Å². The normalized spacial score (nSPS) is 20.7. The van der Waals surface area contributed by atoms with Crippen molar-refractivity contribution < 1.29 is 8.78 Å². The summed E-state index contributed by atoms with van der Waals surface area (Å²) in [5, 5.41) is 0. The zero-order valence-corrected chi connectivity index (χ0v) is 11.6. The van der Waals surface area contributed by atoms with Crippen LogP contribution < -0.4 is 10.6 Å². The Hall–Kier alpha value is -2.24. The minimum absolute atomic E-state index is 0.281. The molecule has 3 rings (SSSR count). The van der Waals surface area contributed by atoms with Crippen molar-refractivity contribution in [1.82, 2.24) is 9.97 Å². The first-order chi connectivity index (χ1) is 9.95. The monoisotopic (exact) mass is 290 g/mol. The second kappa shape index (κ2) is 4.95. The third kappa shape index (κ3) is 2.66. The number of anilines is 2. The first-order valence-corrected chi connectivity index (χ1v) is 6.77. The van der Waals surface area contributed by atoms with E-state index in [2.05, 4.69) is 9.97 Å². The molecule has 0 bridgehead atoms. The Kier molecular flexibility index (Phi) is 3.23. The molecule has 2 N–H and O–H groups in total. The lowest BCUT2D eigenvalue weighted by Crippen LogP contribution is -2.26. The zero-order chi connectivity index (χ0) is 15.0. The molecule has 3 heterocycles. The number of alkyl halides is 2. The van der Waals surface area contributed by atoms with Crippen LogP contribution in [-0.4, -0.2) is 29.0 Å². The molecule has 0 aromatic carbocycles. The maximum absolute atomic E-state index is 13.6. The molecule has 1 unspecified atom stereocenters. The van der Waals surface area contributed by atoms with Crippen LogP contribution in [0.25, 0.3) is 11.3 Å². The summed E-state index contributed by atoms with van der Waals surface area (Å²) in [5.41, 5.74) is 7.17. The summed E-state index contributed by atoms with van der Waals surface area (Å²) in [6, 6.07) is 8.92.